The molecule has 212 valence electrons. The maximum atomic E-state index is 15.1. The molecule has 1 unspecified atom stereocenters. The fourth-order valence-corrected chi connectivity index (χ4v) is 6.35. The molecule has 2 saturated heterocycles. The van der Waals surface area contributed by atoms with Crippen LogP contribution in [0.1, 0.15) is 76.4 Å². The Labute approximate surface area is 222 Å². The number of alkyl halides is 3. The summed E-state index contributed by atoms with van der Waals surface area (Å²) in [4.78, 5) is 21.7. The molecule has 11 heteroatoms. The lowest BCUT2D eigenvalue weighted by atomic mass is 9.79. The van der Waals surface area contributed by atoms with Gasteiger partial charge in [-0.25, -0.2) is 18.0 Å². The lowest BCUT2D eigenvalue weighted by Crippen LogP contribution is -2.61. The van der Waals surface area contributed by atoms with Crippen LogP contribution in [0.5, 0.6) is 0 Å². The van der Waals surface area contributed by atoms with Gasteiger partial charge < -0.3 is 24.4 Å². The monoisotopic (exact) mass is 539 g/mol. The summed E-state index contributed by atoms with van der Waals surface area (Å²) >= 11 is 0. The van der Waals surface area contributed by atoms with E-state index in [1.165, 1.54) is 12.8 Å². The highest BCUT2D eigenvalue weighted by Crippen LogP contribution is 2.39. The molecule has 0 bridgehead atoms. The van der Waals surface area contributed by atoms with Gasteiger partial charge in [-0.1, -0.05) is 12.1 Å². The van der Waals surface area contributed by atoms with Crippen molar-refractivity contribution < 1.29 is 27.2 Å². The molecular weight excluding hydrogens is 499 g/mol. The van der Waals surface area contributed by atoms with Crippen LogP contribution in [-0.4, -0.2) is 89.0 Å². The second-order valence-electron chi connectivity index (χ2n) is 12.6. The fraction of sp³-hybridized carbons (Fsp3) is 0.889. The first-order chi connectivity index (χ1) is 18.2. The van der Waals surface area contributed by atoms with Gasteiger partial charge in [0.15, 0.2) is 5.82 Å². The second-order valence-corrected chi connectivity index (χ2v) is 12.6. The van der Waals surface area contributed by atoms with Crippen LogP contribution >= 0.6 is 0 Å². The molecule has 3 saturated carbocycles. The molecule has 5 aliphatic rings. The Morgan fingerprint density at radius 2 is 1.92 bits per heavy atom. The number of aromatic nitrogens is 2. The molecule has 1 aromatic rings. The van der Waals surface area contributed by atoms with E-state index in [1.807, 2.05) is 6.92 Å². The smallest absolute Gasteiger partial charge is 0.317 e. The minimum Gasteiger partial charge on any atom is -0.371 e. The van der Waals surface area contributed by atoms with Crippen molar-refractivity contribution >= 4 is 6.03 Å². The number of ether oxygens (including phenoxy) is 1. The summed E-state index contributed by atoms with van der Waals surface area (Å²) in [5.41, 5.74) is -0.383. The highest BCUT2D eigenvalue weighted by atomic mass is 19.3. The molecular formula is C27H40F3N5O3. The van der Waals surface area contributed by atoms with Crippen molar-refractivity contribution in [3.05, 3.63) is 11.7 Å². The average molecular weight is 540 g/mol. The second kappa shape index (κ2) is 10.3. The third kappa shape index (κ3) is 5.83. The predicted octanol–water partition coefficient (Wildman–Crippen LogP) is 4.09. The molecule has 5 fully saturated rings. The number of piperidine rings is 1. The molecule has 3 heterocycles. The highest BCUT2D eigenvalue weighted by molar-refractivity contribution is 5.75. The SMILES string of the molecule is CC1(c2noc(CC3C[C@@H]3F)n2)CCN(C(=O)N[C@@H]2[C@@H](O[C@H]3CCN(CC4CC4)C3)CCCC2(F)F)CC1. The lowest BCUT2D eigenvalue weighted by Gasteiger charge is -2.42. The minimum absolute atomic E-state index is 0.0253. The van der Waals surface area contributed by atoms with Crippen molar-refractivity contribution in [3.8, 4) is 0 Å². The van der Waals surface area contributed by atoms with Gasteiger partial charge >= 0.3 is 6.03 Å². The van der Waals surface area contributed by atoms with Gasteiger partial charge in [-0.3, -0.25) is 0 Å². The Balaban J connectivity index is 1.03. The van der Waals surface area contributed by atoms with Crippen LogP contribution in [0.4, 0.5) is 18.0 Å². The fourth-order valence-electron chi connectivity index (χ4n) is 6.35. The summed E-state index contributed by atoms with van der Waals surface area (Å²) in [6.45, 7) is 5.66. The summed E-state index contributed by atoms with van der Waals surface area (Å²) in [7, 11) is 0. The Hall–Kier alpha value is -1.88. The van der Waals surface area contributed by atoms with Crippen LogP contribution in [0.3, 0.4) is 0 Å². The molecule has 0 aromatic carbocycles. The van der Waals surface area contributed by atoms with E-state index in [4.69, 9.17) is 9.26 Å². The van der Waals surface area contributed by atoms with Gasteiger partial charge in [-0.15, -0.1) is 0 Å². The number of urea groups is 1. The Kier molecular flexibility index (Phi) is 7.12. The molecule has 8 nitrogen and oxygen atoms in total. The van der Waals surface area contributed by atoms with Crippen LogP contribution in [-0.2, 0) is 16.6 Å². The van der Waals surface area contributed by atoms with Crippen molar-refractivity contribution in [2.45, 2.75) is 107 Å². The number of hydrogen-bond acceptors (Lipinski definition) is 6. The summed E-state index contributed by atoms with van der Waals surface area (Å²) < 4.78 is 55.0. The number of carbonyl (C=O) groups excluding carboxylic acids is 1. The quantitative estimate of drug-likeness (QED) is 0.536. The highest BCUT2D eigenvalue weighted by Gasteiger charge is 2.50. The molecule has 2 amide bonds. The number of nitrogens with one attached hydrogen (secondary N) is 1. The Bertz CT molecular complexity index is 996. The van der Waals surface area contributed by atoms with Crippen molar-refractivity contribution in [1.29, 1.82) is 0 Å². The Morgan fingerprint density at radius 3 is 2.63 bits per heavy atom. The van der Waals surface area contributed by atoms with E-state index in [1.54, 1.807) is 4.90 Å². The van der Waals surface area contributed by atoms with Crippen molar-refractivity contribution in [2.75, 3.05) is 32.7 Å². The number of hydrogen-bond donors (Lipinski definition) is 1. The van der Waals surface area contributed by atoms with Gasteiger partial charge in [-0.2, -0.15) is 4.98 Å². The third-order valence-corrected chi connectivity index (χ3v) is 9.35. The summed E-state index contributed by atoms with van der Waals surface area (Å²) in [6, 6.07) is -1.79. The van der Waals surface area contributed by atoms with E-state index in [-0.39, 0.29) is 23.9 Å². The Morgan fingerprint density at radius 1 is 1.16 bits per heavy atom. The summed E-state index contributed by atoms with van der Waals surface area (Å²) in [5.74, 6) is -1.21. The van der Waals surface area contributed by atoms with E-state index < -0.39 is 30.3 Å². The minimum atomic E-state index is -3.00. The van der Waals surface area contributed by atoms with Gasteiger partial charge in [-0.05, 0) is 57.3 Å². The first-order valence-corrected chi connectivity index (χ1v) is 14.5. The third-order valence-electron chi connectivity index (χ3n) is 9.35. The van der Waals surface area contributed by atoms with Crippen molar-refractivity contribution in [1.82, 2.24) is 25.3 Å². The van der Waals surface area contributed by atoms with Crippen molar-refractivity contribution in [2.24, 2.45) is 11.8 Å². The van der Waals surface area contributed by atoms with Crippen LogP contribution in [0, 0.1) is 11.8 Å². The number of halogens is 3. The maximum Gasteiger partial charge on any atom is 0.317 e. The molecule has 38 heavy (non-hydrogen) atoms. The zero-order chi connectivity index (χ0) is 26.5. The molecule has 0 radical (unpaired) electrons. The van der Waals surface area contributed by atoms with Crippen molar-refractivity contribution in [3.63, 3.8) is 0 Å². The van der Waals surface area contributed by atoms with E-state index in [9.17, 15) is 9.18 Å². The van der Waals surface area contributed by atoms with Crippen LogP contribution in [0.25, 0.3) is 0 Å². The number of amides is 2. The summed E-state index contributed by atoms with van der Waals surface area (Å²) in [5, 5.41) is 6.81. The van der Waals surface area contributed by atoms with E-state index in [0.717, 1.165) is 32.0 Å². The van der Waals surface area contributed by atoms with Gasteiger partial charge in [0, 0.05) is 56.9 Å². The molecule has 6 rings (SSSR count). The van der Waals surface area contributed by atoms with Gasteiger partial charge in [0.1, 0.15) is 12.2 Å². The number of nitrogens with zero attached hydrogens (tertiary/aromatic N) is 4. The van der Waals surface area contributed by atoms with E-state index in [0.29, 0.717) is 63.3 Å². The van der Waals surface area contributed by atoms with E-state index >= 15 is 8.78 Å². The molecule has 3 aliphatic carbocycles. The van der Waals surface area contributed by atoms with Crippen LogP contribution in [0.2, 0.25) is 0 Å². The maximum absolute atomic E-state index is 15.1. The summed E-state index contributed by atoms with van der Waals surface area (Å²) in [6.07, 6.45) is 4.79. The zero-order valence-corrected chi connectivity index (χ0v) is 22.2. The van der Waals surface area contributed by atoms with Crippen LogP contribution < -0.4 is 5.32 Å². The topological polar surface area (TPSA) is 83.7 Å². The molecule has 1 aromatic heterocycles. The van der Waals surface area contributed by atoms with Gasteiger partial charge in [0.25, 0.3) is 5.92 Å². The predicted molar refractivity (Wildman–Crippen MR) is 133 cm³/mol. The first kappa shape index (κ1) is 26.3. The molecule has 5 atom stereocenters. The lowest BCUT2D eigenvalue weighted by molar-refractivity contribution is -0.138. The number of likely N-dealkylation sites (tertiary alicyclic amines) is 2. The van der Waals surface area contributed by atoms with Gasteiger partial charge in [0.2, 0.25) is 5.89 Å². The van der Waals surface area contributed by atoms with Crippen LogP contribution in [0.15, 0.2) is 4.52 Å². The largest absolute Gasteiger partial charge is 0.371 e. The number of carbonyl (C=O) groups is 1. The molecule has 2 aliphatic heterocycles. The number of rotatable bonds is 8. The van der Waals surface area contributed by atoms with E-state index in [2.05, 4.69) is 20.4 Å². The molecule has 1 N–H and O–H groups in total. The normalized spacial score (nSPS) is 34.8. The standard InChI is InChI=1S/C27H40F3N5O3/c1-26(24-31-22(38-33-24)14-18-13-20(18)28)8-11-35(12-9-26)25(36)32-23-21(3-2-7-27(23,29)30)37-19-6-10-34(16-19)15-17-4-5-17/h17-21,23H,2-16H2,1H3,(H,32,36)/t18?,19-,20-,21-,23+/m0/s1. The average Bonchev–Trinajstić information content (AvgIpc) is 3.70. The zero-order valence-electron chi connectivity index (χ0n) is 22.2. The first-order valence-electron chi connectivity index (χ1n) is 14.5. The van der Waals surface area contributed by atoms with Gasteiger partial charge in [0.05, 0.1) is 12.2 Å². The molecule has 0 spiro atoms.